The monoisotopic (exact) mass is 430 g/mol. The van der Waals surface area contributed by atoms with Crippen molar-refractivity contribution in [3.63, 3.8) is 0 Å². The molecule has 6 heteroatoms. The van der Waals surface area contributed by atoms with Gasteiger partial charge < -0.3 is 10.6 Å². The Kier molecular flexibility index (Phi) is 5.84. The van der Waals surface area contributed by atoms with E-state index < -0.39 is 11.8 Å². The smallest absolute Gasteiger partial charge is 0.226 e. The van der Waals surface area contributed by atoms with Crippen LogP contribution in [0.4, 0.5) is 0 Å². The van der Waals surface area contributed by atoms with E-state index in [1.165, 1.54) is 0 Å². The van der Waals surface area contributed by atoms with Crippen molar-refractivity contribution in [2.45, 2.75) is 37.6 Å². The number of carbonyl (C=O) groups excluding carboxylic acids is 2. The van der Waals surface area contributed by atoms with E-state index in [1.807, 2.05) is 53.4 Å². The van der Waals surface area contributed by atoms with Gasteiger partial charge in [0.05, 0.1) is 6.04 Å². The summed E-state index contributed by atoms with van der Waals surface area (Å²) in [4.78, 5) is 27.0. The number of nitrogens with two attached hydrogens (primary N) is 1. The Morgan fingerprint density at radius 2 is 1.76 bits per heavy atom. The van der Waals surface area contributed by atoms with Crippen LogP contribution in [-0.2, 0) is 9.59 Å². The highest BCUT2D eigenvalue weighted by molar-refractivity contribution is 6.30. The zero-order chi connectivity index (χ0) is 20.5. The molecule has 0 spiro atoms. The number of carbonyl (C=O) groups is 2. The molecule has 1 heterocycles. The van der Waals surface area contributed by atoms with E-state index in [0.717, 1.165) is 24.0 Å². The molecule has 1 aliphatic heterocycles. The van der Waals surface area contributed by atoms with Gasteiger partial charge in [-0.2, -0.15) is 0 Å². The number of nitrogens with zero attached hydrogens (tertiary/aromatic N) is 1. The van der Waals surface area contributed by atoms with Gasteiger partial charge in [-0.1, -0.05) is 47.5 Å². The van der Waals surface area contributed by atoms with Gasteiger partial charge in [0.25, 0.3) is 0 Å². The van der Waals surface area contributed by atoms with Crippen molar-refractivity contribution in [2.24, 2.45) is 17.6 Å². The molecule has 3 unspecified atom stereocenters. The Hall–Kier alpha value is -2.04. The molecular formula is C23H24Cl2N2O2. The van der Waals surface area contributed by atoms with Gasteiger partial charge in [0.2, 0.25) is 11.8 Å². The third kappa shape index (κ3) is 4.59. The van der Waals surface area contributed by atoms with E-state index in [2.05, 4.69) is 0 Å². The molecule has 2 aliphatic rings. The van der Waals surface area contributed by atoms with Crippen LogP contribution >= 0.6 is 23.2 Å². The van der Waals surface area contributed by atoms with Crippen molar-refractivity contribution in [1.29, 1.82) is 0 Å². The Balaban J connectivity index is 1.78. The first-order valence-corrected chi connectivity index (χ1v) is 10.8. The molecule has 3 atom stereocenters. The van der Waals surface area contributed by atoms with E-state index in [1.54, 1.807) is 0 Å². The summed E-state index contributed by atoms with van der Waals surface area (Å²) in [5.74, 6) is -0.269. The number of primary amides is 1. The first-order chi connectivity index (χ1) is 13.9. The molecule has 29 heavy (non-hydrogen) atoms. The van der Waals surface area contributed by atoms with Crippen molar-refractivity contribution in [2.75, 3.05) is 6.54 Å². The number of piperidine rings is 1. The lowest BCUT2D eigenvalue weighted by atomic mass is 9.74. The van der Waals surface area contributed by atoms with Crippen LogP contribution in [0.15, 0.2) is 48.5 Å². The first-order valence-electron chi connectivity index (χ1n) is 10.0. The van der Waals surface area contributed by atoms with Crippen LogP contribution in [0.1, 0.15) is 48.8 Å². The molecule has 4 rings (SSSR count). The van der Waals surface area contributed by atoms with Crippen LogP contribution in [-0.4, -0.2) is 23.3 Å². The number of rotatable bonds is 6. The minimum absolute atomic E-state index is 0.0222. The highest BCUT2D eigenvalue weighted by atomic mass is 35.5. The highest BCUT2D eigenvalue weighted by Crippen LogP contribution is 2.47. The minimum Gasteiger partial charge on any atom is -0.370 e. The van der Waals surface area contributed by atoms with Gasteiger partial charge in [0.1, 0.15) is 0 Å². The number of likely N-dealkylation sites (tertiary alicyclic amines) is 1. The lowest BCUT2D eigenvalue weighted by Crippen LogP contribution is -2.48. The second-order valence-corrected chi connectivity index (χ2v) is 9.07. The zero-order valence-electron chi connectivity index (χ0n) is 16.1. The van der Waals surface area contributed by atoms with Gasteiger partial charge in [0.15, 0.2) is 0 Å². The standard InChI is InChI=1S/C23H24Cl2N2O2/c24-18-8-6-15(7-9-18)22-20(16-2-1-3-19(25)10-16)11-17(12-21(26)28)23(29)27(22)13-14-4-5-14/h1-3,6-10,14,17,20,22H,4-5,11-13H2,(H2,26,28). The number of benzene rings is 2. The summed E-state index contributed by atoms with van der Waals surface area (Å²) in [6.45, 7) is 0.707. The molecule has 152 valence electrons. The van der Waals surface area contributed by atoms with Gasteiger partial charge in [-0.25, -0.2) is 0 Å². The molecule has 4 nitrogen and oxygen atoms in total. The van der Waals surface area contributed by atoms with Crippen LogP contribution in [0.2, 0.25) is 10.0 Å². The maximum atomic E-state index is 13.4. The largest absolute Gasteiger partial charge is 0.370 e. The highest BCUT2D eigenvalue weighted by Gasteiger charge is 2.45. The molecule has 1 saturated heterocycles. The second-order valence-electron chi connectivity index (χ2n) is 8.19. The summed E-state index contributed by atoms with van der Waals surface area (Å²) >= 11 is 12.4. The Bertz CT molecular complexity index is 911. The normalized spacial score (nSPS) is 24.6. The van der Waals surface area contributed by atoms with E-state index in [-0.39, 0.29) is 24.3 Å². The third-order valence-corrected chi connectivity index (χ3v) is 6.46. The molecule has 0 bridgehead atoms. The van der Waals surface area contributed by atoms with Crippen molar-refractivity contribution in [3.05, 3.63) is 69.7 Å². The van der Waals surface area contributed by atoms with Gasteiger partial charge in [-0.15, -0.1) is 0 Å². The van der Waals surface area contributed by atoms with Crippen molar-refractivity contribution >= 4 is 35.0 Å². The first kappa shape index (κ1) is 20.2. The fraction of sp³-hybridized carbons (Fsp3) is 0.391. The quantitative estimate of drug-likeness (QED) is 0.703. The average molecular weight is 431 g/mol. The lowest BCUT2D eigenvalue weighted by molar-refractivity contribution is -0.145. The van der Waals surface area contributed by atoms with E-state index in [0.29, 0.717) is 28.9 Å². The van der Waals surface area contributed by atoms with Crippen molar-refractivity contribution in [3.8, 4) is 0 Å². The molecule has 0 aromatic heterocycles. The summed E-state index contributed by atoms with van der Waals surface area (Å²) in [5, 5.41) is 1.32. The molecule has 1 aliphatic carbocycles. The predicted octanol–water partition coefficient (Wildman–Crippen LogP) is 4.95. The fourth-order valence-electron chi connectivity index (χ4n) is 4.45. The summed E-state index contributed by atoms with van der Waals surface area (Å²) in [6, 6.07) is 15.4. The fourth-order valence-corrected chi connectivity index (χ4v) is 4.77. The molecule has 2 amide bonds. The van der Waals surface area contributed by atoms with Crippen LogP contribution in [0, 0.1) is 11.8 Å². The van der Waals surface area contributed by atoms with E-state index in [4.69, 9.17) is 28.9 Å². The van der Waals surface area contributed by atoms with Gasteiger partial charge >= 0.3 is 0 Å². The second kappa shape index (κ2) is 8.37. The van der Waals surface area contributed by atoms with Gasteiger partial charge in [0, 0.05) is 34.8 Å². The predicted molar refractivity (Wildman–Crippen MR) is 115 cm³/mol. The number of halogens is 2. The summed E-state index contributed by atoms with van der Waals surface area (Å²) < 4.78 is 0. The summed E-state index contributed by atoms with van der Waals surface area (Å²) in [6.07, 6.45) is 2.92. The number of amides is 2. The molecule has 2 aromatic rings. The van der Waals surface area contributed by atoms with Gasteiger partial charge in [-0.3, -0.25) is 9.59 Å². The summed E-state index contributed by atoms with van der Waals surface area (Å²) in [7, 11) is 0. The molecule has 2 N–H and O–H groups in total. The summed E-state index contributed by atoms with van der Waals surface area (Å²) in [5.41, 5.74) is 7.59. The molecule has 0 radical (unpaired) electrons. The van der Waals surface area contributed by atoms with Gasteiger partial charge in [-0.05, 0) is 60.6 Å². The van der Waals surface area contributed by atoms with Crippen molar-refractivity contribution in [1.82, 2.24) is 4.90 Å². The molecule has 2 fully saturated rings. The number of hydrogen-bond donors (Lipinski definition) is 1. The van der Waals surface area contributed by atoms with Crippen LogP contribution < -0.4 is 5.73 Å². The van der Waals surface area contributed by atoms with E-state index in [9.17, 15) is 9.59 Å². The Morgan fingerprint density at radius 1 is 1.03 bits per heavy atom. The maximum Gasteiger partial charge on any atom is 0.226 e. The topological polar surface area (TPSA) is 63.4 Å². The third-order valence-electron chi connectivity index (χ3n) is 5.98. The minimum atomic E-state index is -0.440. The maximum absolute atomic E-state index is 13.4. The van der Waals surface area contributed by atoms with Crippen LogP contribution in [0.5, 0.6) is 0 Å². The van der Waals surface area contributed by atoms with Crippen LogP contribution in [0.25, 0.3) is 0 Å². The van der Waals surface area contributed by atoms with E-state index >= 15 is 0 Å². The Labute approximate surface area is 181 Å². The lowest BCUT2D eigenvalue weighted by Gasteiger charge is -2.45. The SMILES string of the molecule is NC(=O)CC1CC(c2cccc(Cl)c2)C(c2ccc(Cl)cc2)N(CC2CC2)C1=O. The number of hydrogen-bond acceptors (Lipinski definition) is 2. The average Bonchev–Trinajstić information content (AvgIpc) is 3.49. The Morgan fingerprint density at radius 3 is 2.38 bits per heavy atom. The molecular weight excluding hydrogens is 407 g/mol. The van der Waals surface area contributed by atoms with Crippen molar-refractivity contribution < 1.29 is 9.59 Å². The zero-order valence-corrected chi connectivity index (χ0v) is 17.6. The molecule has 2 aromatic carbocycles. The molecule has 1 saturated carbocycles. The van der Waals surface area contributed by atoms with Crippen LogP contribution in [0.3, 0.4) is 0 Å².